The Morgan fingerprint density at radius 3 is 2.74 bits per heavy atom. The van der Waals surface area contributed by atoms with Crippen molar-refractivity contribution in [2.24, 2.45) is 14.1 Å². The number of aromatic nitrogens is 4. The van der Waals surface area contributed by atoms with Gasteiger partial charge in [0.25, 0.3) is 5.56 Å². The Balaban J connectivity index is 1.87. The molecule has 8 heteroatoms. The molecule has 0 fully saturated rings. The quantitative estimate of drug-likeness (QED) is 0.708. The molecule has 0 N–H and O–H groups in total. The molecule has 3 rings (SSSR count). The fourth-order valence-corrected chi connectivity index (χ4v) is 2.39. The number of imidazole rings is 1. The van der Waals surface area contributed by atoms with E-state index in [-0.39, 0.29) is 12.4 Å². The van der Waals surface area contributed by atoms with Crippen molar-refractivity contribution < 1.29 is 9.13 Å². The van der Waals surface area contributed by atoms with E-state index in [0.717, 1.165) is 4.57 Å². The van der Waals surface area contributed by atoms with Crippen LogP contribution in [0.1, 0.15) is 0 Å². The second-order valence-electron chi connectivity index (χ2n) is 5.12. The van der Waals surface area contributed by atoms with Gasteiger partial charge in [-0.05, 0) is 12.1 Å². The summed E-state index contributed by atoms with van der Waals surface area (Å²) in [5.41, 5.74) is -0.184. The summed E-state index contributed by atoms with van der Waals surface area (Å²) in [6, 6.07) is 5.83. The normalized spacial score (nSPS) is 11.1. The maximum Gasteiger partial charge on any atom is 0.332 e. The highest BCUT2D eigenvalue weighted by atomic mass is 19.1. The van der Waals surface area contributed by atoms with E-state index in [4.69, 9.17) is 4.74 Å². The van der Waals surface area contributed by atoms with Gasteiger partial charge in [0.1, 0.15) is 18.2 Å². The molecule has 0 aliphatic rings. The van der Waals surface area contributed by atoms with Gasteiger partial charge in [-0.3, -0.25) is 13.9 Å². The fraction of sp³-hybridized carbons (Fsp3) is 0.267. The standard InChI is InChI=1S/C15H15FN4O3/c1-18-13-12(14(21)19(2)15(18)22)20(9-17-13)6-7-23-11-5-3-4-10(16)8-11/h3-5,8-9H,6-7H2,1-2H3. The van der Waals surface area contributed by atoms with Crippen LogP contribution < -0.4 is 16.0 Å². The van der Waals surface area contributed by atoms with Gasteiger partial charge in [0.15, 0.2) is 11.2 Å². The monoisotopic (exact) mass is 318 g/mol. The van der Waals surface area contributed by atoms with E-state index in [1.54, 1.807) is 23.7 Å². The number of nitrogens with zero attached hydrogens (tertiary/aromatic N) is 4. The van der Waals surface area contributed by atoms with Gasteiger partial charge < -0.3 is 9.30 Å². The Kier molecular flexibility index (Phi) is 3.73. The molecule has 0 spiro atoms. The van der Waals surface area contributed by atoms with Crippen LogP contribution in [0.2, 0.25) is 0 Å². The van der Waals surface area contributed by atoms with Gasteiger partial charge in [0.2, 0.25) is 0 Å². The van der Waals surface area contributed by atoms with Crippen LogP contribution in [0.25, 0.3) is 11.2 Å². The number of rotatable bonds is 4. The first-order chi connectivity index (χ1) is 11.0. The maximum atomic E-state index is 13.1. The third kappa shape index (κ3) is 2.63. The molecule has 0 aliphatic carbocycles. The molecular formula is C15H15FN4O3. The summed E-state index contributed by atoms with van der Waals surface area (Å²) >= 11 is 0. The Hall–Kier alpha value is -2.90. The number of hydrogen-bond donors (Lipinski definition) is 0. The summed E-state index contributed by atoms with van der Waals surface area (Å²) in [5, 5.41) is 0. The zero-order chi connectivity index (χ0) is 16.6. The van der Waals surface area contributed by atoms with Crippen LogP contribution >= 0.6 is 0 Å². The lowest BCUT2D eigenvalue weighted by molar-refractivity contribution is 0.298. The van der Waals surface area contributed by atoms with Gasteiger partial charge in [-0.15, -0.1) is 0 Å². The van der Waals surface area contributed by atoms with Crippen LogP contribution in [0.3, 0.4) is 0 Å². The third-order valence-corrected chi connectivity index (χ3v) is 3.61. The predicted octanol–water partition coefficient (Wildman–Crippen LogP) is 0.652. The molecular weight excluding hydrogens is 303 g/mol. The van der Waals surface area contributed by atoms with Crippen molar-refractivity contribution in [2.45, 2.75) is 6.54 Å². The molecule has 0 saturated heterocycles. The second kappa shape index (κ2) is 5.71. The molecule has 3 aromatic rings. The van der Waals surface area contributed by atoms with Crippen LogP contribution in [0, 0.1) is 5.82 Å². The Labute approximate surface area is 130 Å². The minimum absolute atomic E-state index is 0.237. The number of ether oxygens (including phenoxy) is 1. The fourth-order valence-electron chi connectivity index (χ4n) is 2.39. The molecule has 0 amide bonds. The molecule has 2 heterocycles. The van der Waals surface area contributed by atoms with Crippen LogP contribution in [0.5, 0.6) is 5.75 Å². The van der Waals surface area contributed by atoms with Crippen LogP contribution in [0.4, 0.5) is 4.39 Å². The zero-order valence-electron chi connectivity index (χ0n) is 12.7. The molecule has 2 aromatic heterocycles. The van der Waals surface area contributed by atoms with Crippen LogP contribution in [-0.2, 0) is 20.6 Å². The highest BCUT2D eigenvalue weighted by molar-refractivity contribution is 5.69. The van der Waals surface area contributed by atoms with Crippen molar-refractivity contribution in [3.05, 3.63) is 57.2 Å². The Morgan fingerprint density at radius 1 is 1.22 bits per heavy atom. The third-order valence-electron chi connectivity index (χ3n) is 3.61. The van der Waals surface area contributed by atoms with Crippen molar-refractivity contribution in [3.8, 4) is 5.75 Å². The smallest absolute Gasteiger partial charge is 0.332 e. The molecule has 0 atom stereocenters. The molecule has 7 nitrogen and oxygen atoms in total. The zero-order valence-corrected chi connectivity index (χ0v) is 12.7. The minimum Gasteiger partial charge on any atom is -0.492 e. The van der Waals surface area contributed by atoms with E-state index in [0.29, 0.717) is 23.5 Å². The average molecular weight is 318 g/mol. The number of halogens is 1. The van der Waals surface area contributed by atoms with Crippen molar-refractivity contribution in [2.75, 3.05) is 6.61 Å². The summed E-state index contributed by atoms with van der Waals surface area (Å²) in [7, 11) is 2.98. The van der Waals surface area contributed by atoms with Crippen molar-refractivity contribution >= 4 is 11.2 Å². The summed E-state index contributed by atoms with van der Waals surface area (Å²) in [6.07, 6.45) is 1.49. The van der Waals surface area contributed by atoms with E-state index in [2.05, 4.69) is 4.98 Å². The first kappa shape index (κ1) is 15.0. The van der Waals surface area contributed by atoms with Gasteiger partial charge in [-0.1, -0.05) is 6.07 Å². The van der Waals surface area contributed by atoms with Crippen molar-refractivity contribution in [1.29, 1.82) is 0 Å². The first-order valence-corrected chi connectivity index (χ1v) is 6.98. The van der Waals surface area contributed by atoms with Crippen LogP contribution in [0.15, 0.2) is 40.2 Å². The molecule has 1 aromatic carbocycles. The molecule has 0 bridgehead atoms. The van der Waals surface area contributed by atoms with Gasteiger partial charge in [0, 0.05) is 20.2 Å². The average Bonchev–Trinajstić information content (AvgIpc) is 2.95. The topological polar surface area (TPSA) is 71.0 Å². The minimum atomic E-state index is -0.427. The number of hydrogen-bond acceptors (Lipinski definition) is 4. The lowest BCUT2D eigenvalue weighted by Gasteiger charge is -2.08. The summed E-state index contributed by atoms with van der Waals surface area (Å²) in [4.78, 5) is 28.2. The van der Waals surface area contributed by atoms with Crippen molar-refractivity contribution in [1.82, 2.24) is 18.7 Å². The molecule has 0 unspecified atom stereocenters. The predicted molar refractivity (Wildman–Crippen MR) is 82.1 cm³/mol. The number of benzene rings is 1. The highest BCUT2D eigenvalue weighted by Crippen LogP contribution is 2.12. The molecule has 23 heavy (non-hydrogen) atoms. The van der Waals surface area contributed by atoms with Crippen LogP contribution in [-0.4, -0.2) is 25.3 Å². The van der Waals surface area contributed by atoms with E-state index < -0.39 is 11.2 Å². The molecule has 0 saturated carbocycles. The van der Waals surface area contributed by atoms with E-state index in [1.165, 1.54) is 30.1 Å². The number of fused-ring (bicyclic) bond motifs is 1. The largest absolute Gasteiger partial charge is 0.492 e. The SMILES string of the molecule is Cn1c(=O)c2c(ncn2CCOc2cccc(F)c2)n(C)c1=O. The highest BCUT2D eigenvalue weighted by Gasteiger charge is 2.14. The summed E-state index contributed by atoms with van der Waals surface area (Å²) < 4.78 is 22.5. The summed E-state index contributed by atoms with van der Waals surface area (Å²) in [6.45, 7) is 0.585. The molecule has 0 aliphatic heterocycles. The Bertz CT molecular complexity index is 987. The van der Waals surface area contributed by atoms with Gasteiger partial charge in [-0.25, -0.2) is 14.2 Å². The number of aryl methyl sites for hydroxylation is 1. The van der Waals surface area contributed by atoms with Crippen molar-refractivity contribution in [3.63, 3.8) is 0 Å². The Morgan fingerprint density at radius 2 is 2.00 bits per heavy atom. The van der Waals surface area contributed by atoms with E-state index in [9.17, 15) is 14.0 Å². The summed E-state index contributed by atoms with van der Waals surface area (Å²) in [5.74, 6) is 0.0363. The maximum absolute atomic E-state index is 13.1. The van der Waals surface area contributed by atoms with Gasteiger partial charge in [-0.2, -0.15) is 0 Å². The lowest BCUT2D eigenvalue weighted by atomic mass is 10.3. The van der Waals surface area contributed by atoms with E-state index >= 15 is 0 Å². The van der Waals surface area contributed by atoms with E-state index in [1.807, 2.05) is 0 Å². The van der Waals surface area contributed by atoms with Gasteiger partial charge >= 0.3 is 5.69 Å². The van der Waals surface area contributed by atoms with Gasteiger partial charge in [0.05, 0.1) is 12.9 Å². The second-order valence-corrected chi connectivity index (χ2v) is 5.12. The first-order valence-electron chi connectivity index (χ1n) is 6.98. The molecule has 120 valence electrons. The molecule has 0 radical (unpaired) electrons. The lowest BCUT2D eigenvalue weighted by Crippen LogP contribution is -2.37.